The van der Waals surface area contributed by atoms with E-state index < -0.39 is 0 Å². The van der Waals surface area contributed by atoms with Gasteiger partial charge < -0.3 is 16.0 Å². The quantitative estimate of drug-likeness (QED) is 0.654. The highest BCUT2D eigenvalue weighted by Crippen LogP contribution is 2.10. The normalized spacial score (nSPS) is 9.47. The van der Waals surface area contributed by atoms with Crippen molar-refractivity contribution in [2.24, 2.45) is 0 Å². The topological polar surface area (TPSA) is 69.9 Å². The maximum atomic E-state index is 5.63. The Labute approximate surface area is 112 Å². The molecule has 1 heterocycles. The summed E-state index contributed by atoms with van der Waals surface area (Å²) in [6.45, 7) is 0. The van der Waals surface area contributed by atoms with Crippen molar-refractivity contribution < 1.29 is 0 Å². The van der Waals surface area contributed by atoms with Gasteiger partial charge in [-0.25, -0.2) is 4.98 Å². The number of aromatic nitrogens is 2. The van der Waals surface area contributed by atoms with Crippen LogP contribution in [0.15, 0.2) is 73.3 Å². The lowest BCUT2D eigenvalue weighted by atomic mass is 10.3. The molecule has 4 nitrogen and oxygen atoms in total. The maximum Gasteiger partial charge on any atom is 0.0991 e. The Hall–Kier alpha value is -2.75. The standard InChI is InChI=1S/C9H9N3.C6H7N/c10-8-2-1-3-9(6-8)12-5-4-11-7-12;7-6-4-2-1-3-5-6/h1-7H,10H2;1-5H,7H2. The van der Waals surface area contributed by atoms with Crippen LogP contribution in [0.1, 0.15) is 0 Å². The molecule has 3 rings (SSSR count). The van der Waals surface area contributed by atoms with E-state index in [4.69, 9.17) is 11.5 Å². The summed E-state index contributed by atoms with van der Waals surface area (Å²) in [5, 5.41) is 0. The molecular formula is C15H16N4. The van der Waals surface area contributed by atoms with Gasteiger partial charge in [0.25, 0.3) is 0 Å². The highest BCUT2D eigenvalue weighted by molar-refractivity contribution is 5.47. The Kier molecular flexibility index (Phi) is 4.18. The average molecular weight is 252 g/mol. The summed E-state index contributed by atoms with van der Waals surface area (Å²) in [4.78, 5) is 3.95. The van der Waals surface area contributed by atoms with Crippen molar-refractivity contribution in [2.75, 3.05) is 11.5 Å². The minimum Gasteiger partial charge on any atom is -0.399 e. The number of hydrogen-bond donors (Lipinski definition) is 2. The summed E-state index contributed by atoms with van der Waals surface area (Å²) in [5.41, 5.74) is 13.6. The molecule has 1 aromatic heterocycles. The smallest absolute Gasteiger partial charge is 0.0991 e. The first-order chi connectivity index (χ1) is 9.25. The van der Waals surface area contributed by atoms with Crippen LogP contribution in [0.3, 0.4) is 0 Å². The van der Waals surface area contributed by atoms with Gasteiger partial charge in [-0.2, -0.15) is 0 Å². The Bertz CT molecular complexity index is 603. The largest absolute Gasteiger partial charge is 0.399 e. The van der Waals surface area contributed by atoms with Crippen molar-refractivity contribution >= 4 is 11.4 Å². The third kappa shape index (κ3) is 3.89. The molecule has 3 aromatic rings. The predicted octanol–water partition coefficient (Wildman–Crippen LogP) is 2.72. The Balaban J connectivity index is 0.000000163. The number of benzene rings is 2. The lowest BCUT2D eigenvalue weighted by Gasteiger charge is -2.01. The van der Waals surface area contributed by atoms with Crippen LogP contribution in [0.2, 0.25) is 0 Å². The summed E-state index contributed by atoms with van der Waals surface area (Å²) in [7, 11) is 0. The van der Waals surface area contributed by atoms with Crippen LogP contribution in [0.5, 0.6) is 0 Å². The molecule has 96 valence electrons. The lowest BCUT2D eigenvalue weighted by Crippen LogP contribution is -1.91. The molecule has 0 aliphatic carbocycles. The number of nitrogens with zero attached hydrogens (tertiary/aromatic N) is 2. The first-order valence-corrected chi connectivity index (χ1v) is 5.90. The first-order valence-electron chi connectivity index (χ1n) is 5.90. The molecule has 2 aromatic carbocycles. The van der Waals surface area contributed by atoms with E-state index in [1.165, 1.54) is 0 Å². The Morgan fingerprint density at radius 2 is 1.58 bits per heavy atom. The predicted molar refractivity (Wildman–Crippen MR) is 78.8 cm³/mol. The van der Waals surface area contributed by atoms with Gasteiger partial charge in [0, 0.05) is 29.5 Å². The molecule has 0 amide bonds. The zero-order chi connectivity index (χ0) is 13.5. The van der Waals surface area contributed by atoms with E-state index in [2.05, 4.69) is 4.98 Å². The lowest BCUT2D eigenvalue weighted by molar-refractivity contribution is 1.06. The van der Waals surface area contributed by atoms with Gasteiger partial charge in [0.15, 0.2) is 0 Å². The van der Waals surface area contributed by atoms with E-state index in [-0.39, 0.29) is 0 Å². The van der Waals surface area contributed by atoms with Crippen LogP contribution >= 0.6 is 0 Å². The summed E-state index contributed by atoms with van der Waals surface area (Å²) in [5.74, 6) is 0. The summed E-state index contributed by atoms with van der Waals surface area (Å²) in [6.07, 6.45) is 5.37. The van der Waals surface area contributed by atoms with E-state index >= 15 is 0 Å². The minimum atomic E-state index is 0.765. The van der Waals surface area contributed by atoms with Gasteiger partial charge in [-0.05, 0) is 30.3 Å². The zero-order valence-electron chi connectivity index (χ0n) is 10.5. The number of hydrogen-bond acceptors (Lipinski definition) is 3. The molecule has 0 spiro atoms. The van der Waals surface area contributed by atoms with Crippen molar-refractivity contribution in [3.8, 4) is 5.69 Å². The van der Waals surface area contributed by atoms with Crippen molar-refractivity contribution in [3.63, 3.8) is 0 Å². The van der Waals surface area contributed by atoms with Crippen molar-refractivity contribution in [2.45, 2.75) is 0 Å². The van der Waals surface area contributed by atoms with Gasteiger partial charge in [0.2, 0.25) is 0 Å². The average Bonchev–Trinajstić information content (AvgIpc) is 2.94. The van der Waals surface area contributed by atoms with Gasteiger partial charge in [0.1, 0.15) is 0 Å². The molecule has 0 saturated heterocycles. The molecule has 0 bridgehead atoms. The fraction of sp³-hybridized carbons (Fsp3) is 0. The second kappa shape index (κ2) is 6.26. The van der Waals surface area contributed by atoms with Crippen LogP contribution in [-0.4, -0.2) is 9.55 Å². The Morgan fingerprint density at radius 1 is 0.842 bits per heavy atom. The highest BCUT2D eigenvalue weighted by Gasteiger charge is 1.93. The fourth-order valence-electron chi connectivity index (χ4n) is 1.55. The first kappa shape index (κ1) is 12.7. The summed E-state index contributed by atoms with van der Waals surface area (Å²) >= 11 is 0. The highest BCUT2D eigenvalue weighted by atomic mass is 15.0. The second-order valence-corrected chi connectivity index (χ2v) is 3.98. The zero-order valence-corrected chi connectivity index (χ0v) is 10.5. The van der Waals surface area contributed by atoms with Gasteiger partial charge in [-0.3, -0.25) is 0 Å². The number of anilines is 2. The van der Waals surface area contributed by atoms with Crippen molar-refractivity contribution in [1.29, 1.82) is 0 Å². The number of rotatable bonds is 1. The summed E-state index contributed by atoms with van der Waals surface area (Å²) < 4.78 is 1.91. The van der Waals surface area contributed by atoms with Gasteiger partial charge >= 0.3 is 0 Å². The van der Waals surface area contributed by atoms with Crippen LogP contribution < -0.4 is 11.5 Å². The number of para-hydroxylation sites is 1. The number of nitrogen functional groups attached to an aromatic ring is 2. The van der Waals surface area contributed by atoms with Gasteiger partial charge in [-0.15, -0.1) is 0 Å². The molecule has 19 heavy (non-hydrogen) atoms. The van der Waals surface area contributed by atoms with E-state index in [1.807, 2.05) is 65.4 Å². The molecule has 0 saturated carbocycles. The Morgan fingerprint density at radius 3 is 2.11 bits per heavy atom. The molecule has 0 fully saturated rings. The fourth-order valence-corrected chi connectivity index (χ4v) is 1.55. The summed E-state index contributed by atoms with van der Waals surface area (Å²) in [6, 6.07) is 17.2. The third-order valence-corrected chi connectivity index (χ3v) is 2.47. The molecule has 0 atom stereocenters. The number of nitrogens with two attached hydrogens (primary N) is 2. The van der Waals surface area contributed by atoms with Crippen LogP contribution in [0.25, 0.3) is 5.69 Å². The molecule has 4 heteroatoms. The molecular weight excluding hydrogens is 236 g/mol. The molecule has 0 radical (unpaired) electrons. The van der Waals surface area contributed by atoms with E-state index in [1.54, 1.807) is 12.5 Å². The van der Waals surface area contributed by atoms with E-state index in [0.29, 0.717) is 0 Å². The van der Waals surface area contributed by atoms with E-state index in [0.717, 1.165) is 17.1 Å². The second-order valence-electron chi connectivity index (χ2n) is 3.98. The van der Waals surface area contributed by atoms with Crippen LogP contribution in [-0.2, 0) is 0 Å². The number of imidazole rings is 1. The maximum absolute atomic E-state index is 5.63. The van der Waals surface area contributed by atoms with Crippen molar-refractivity contribution in [1.82, 2.24) is 9.55 Å². The van der Waals surface area contributed by atoms with Crippen LogP contribution in [0, 0.1) is 0 Å². The molecule has 0 aliphatic rings. The SMILES string of the molecule is Nc1cccc(-n2ccnc2)c1.Nc1ccccc1. The third-order valence-electron chi connectivity index (χ3n) is 2.47. The molecule has 0 unspecified atom stereocenters. The monoisotopic (exact) mass is 252 g/mol. The minimum absolute atomic E-state index is 0.765. The van der Waals surface area contributed by atoms with Crippen molar-refractivity contribution in [3.05, 3.63) is 73.3 Å². The molecule has 4 N–H and O–H groups in total. The van der Waals surface area contributed by atoms with Gasteiger partial charge in [-0.1, -0.05) is 24.3 Å². The van der Waals surface area contributed by atoms with Gasteiger partial charge in [0.05, 0.1) is 6.33 Å². The van der Waals surface area contributed by atoms with E-state index in [9.17, 15) is 0 Å². The molecule has 0 aliphatic heterocycles. The van der Waals surface area contributed by atoms with Crippen LogP contribution in [0.4, 0.5) is 11.4 Å².